The Morgan fingerprint density at radius 3 is 2.77 bits per heavy atom. The van der Waals surface area contributed by atoms with Gasteiger partial charge in [-0.1, -0.05) is 26.2 Å². The van der Waals surface area contributed by atoms with Crippen LogP contribution in [0.25, 0.3) is 11.0 Å². The lowest BCUT2D eigenvalue weighted by Gasteiger charge is -2.14. The van der Waals surface area contributed by atoms with Crippen molar-refractivity contribution in [2.24, 2.45) is 14.1 Å². The van der Waals surface area contributed by atoms with Crippen LogP contribution in [-0.4, -0.2) is 26.3 Å². The second kappa shape index (κ2) is 6.77. The third-order valence-electron chi connectivity index (χ3n) is 3.92. The average molecular weight is 304 g/mol. The zero-order valence-electron chi connectivity index (χ0n) is 13.7. The van der Waals surface area contributed by atoms with Gasteiger partial charge in [0.15, 0.2) is 0 Å². The Bertz CT molecular complexity index is 730. The number of nitrogens with one attached hydrogen (secondary N) is 1. The molecule has 6 heteroatoms. The maximum absolute atomic E-state index is 12.4. The summed E-state index contributed by atoms with van der Waals surface area (Å²) in [4.78, 5) is 24.8. The van der Waals surface area contributed by atoms with E-state index in [4.69, 9.17) is 0 Å². The van der Waals surface area contributed by atoms with Crippen LogP contribution >= 0.6 is 0 Å². The van der Waals surface area contributed by atoms with Crippen LogP contribution in [0, 0.1) is 0 Å². The maximum Gasteiger partial charge on any atom is 0.256 e. The van der Waals surface area contributed by atoms with Crippen molar-refractivity contribution in [3.63, 3.8) is 0 Å². The summed E-state index contributed by atoms with van der Waals surface area (Å²) >= 11 is 0. The predicted molar refractivity (Wildman–Crippen MR) is 87.0 cm³/mol. The van der Waals surface area contributed by atoms with Gasteiger partial charge in [-0.15, -0.1) is 0 Å². The molecule has 0 aliphatic heterocycles. The number of fused-ring (bicyclic) bond motifs is 1. The first-order chi connectivity index (χ1) is 10.5. The molecule has 1 N–H and O–H groups in total. The quantitative estimate of drug-likeness (QED) is 0.830. The number of hydrogen-bond donors (Lipinski definition) is 1. The number of carbonyl (C=O) groups excluding carboxylic acids is 1. The van der Waals surface area contributed by atoms with E-state index < -0.39 is 0 Å². The number of amides is 1. The molecule has 0 saturated carbocycles. The van der Waals surface area contributed by atoms with E-state index in [2.05, 4.69) is 17.3 Å². The summed E-state index contributed by atoms with van der Waals surface area (Å²) in [5.74, 6) is -0.310. The van der Waals surface area contributed by atoms with Gasteiger partial charge in [0, 0.05) is 26.3 Å². The number of unbranched alkanes of at least 4 members (excludes halogenated alkanes) is 2. The van der Waals surface area contributed by atoms with Crippen molar-refractivity contribution < 1.29 is 4.79 Å². The number of aryl methyl sites for hydroxylation is 2. The van der Waals surface area contributed by atoms with E-state index in [1.165, 1.54) is 6.20 Å². The molecule has 0 fully saturated rings. The van der Waals surface area contributed by atoms with Crippen LogP contribution in [0.15, 0.2) is 17.2 Å². The first-order valence-corrected chi connectivity index (χ1v) is 7.78. The standard InChI is InChI=1S/C16H24N4O2/c1-5-6-7-8-11(2)18-15(22)13-10-19(3)16-12(14(13)21)9-17-20(16)4/h9-11H,5-8H2,1-4H3,(H,18,22). The molecule has 2 heterocycles. The van der Waals surface area contributed by atoms with Crippen molar-refractivity contribution in [1.82, 2.24) is 19.7 Å². The molecule has 1 unspecified atom stereocenters. The molecule has 0 aliphatic rings. The van der Waals surface area contributed by atoms with Crippen LogP contribution in [0.3, 0.4) is 0 Å². The first kappa shape index (κ1) is 16.3. The molecule has 0 radical (unpaired) electrons. The summed E-state index contributed by atoms with van der Waals surface area (Å²) in [6.45, 7) is 4.12. The number of hydrogen-bond acceptors (Lipinski definition) is 3. The van der Waals surface area contributed by atoms with E-state index in [-0.39, 0.29) is 22.9 Å². The molecular weight excluding hydrogens is 280 g/mol. The maximum atomic E-state index is 12.4. The smallest absolute Gasteiger partial charge is 0.256 e. The number of pyridine rings is 1. The molecule has 2 aromatic heterocycles. The van der Waals surface area contributed by atoms with Gasteiger partial charge in [-0.25, -0.2) is 0 Å². The minimum atomic E-state index is -0.310. The molecular formula is C16H24N4O2. The van der Waals surface area contributed by atoms with Crippen LogP contribution in [0.2, 0.25) is 0 Å². The van der Waals surface area contributed by atoms with Crippen LogP contribution < -0.4 is 10.7 Å². The molecule has 2 rings (SSSR count). The lowest BCUT2D eigenvalue weighted by molar-refractivity contribution is 0.0936. The summed E-state index contributed by atoms with van der Waals surface area (Å²) in [7, 11) is 3.59. The molecule has 0 aromatic carbocycles. The Labute approximate surface area is 130 Å². The van der Waals surface area contributed by atoms with E-state index in [1.807, 2.05) is 14.0 Å². The van der Waals surface area contributed by atoms with E-state index in [1.54, 1.807) is 22.5 Å². The summed E-state index contributed by atoms with van der Waals surface area (Å²) in [5.41, 5.74) is 0.613. The molecule has 1 atom stereocenters. The fourth-order valence-electron chi connectivity index (χ4n) is 2.70. The van der Waals surface area contributed by atoms with E-state index in [0.29, 0.717) is 11.0 Å². The normalized spacial score (nSPS) is 12.5. The van der Waals surface area contributed by atoms with Gasteiger partial charge in [-0.3, -0.25) is 14.3 Å². The third-order valence-corrected chi connectivity index (χ3v) is 3.92. The van der Waals surface area contributed by atoms with Crippen molar-refractivity contribution in [2.75, 3.05) is 0 Å². The van der Waals surface area contributed by atoms with Gasteiger partial charge in [0.2, 0.25) is 5.43 Å². The zero-order chi connectivity index (χ0) is 16.3. The van der Waals surface area contributed by atoms with Crippen LogP contribution in [-0.2, 0) is 14.1 Å². The van der Waals surface area contributed by atoms with Gasteiger partial charge in [-0.2, -0.15) is 5.10 Å². The van der Waals surface area contributed by atoms with Crippen molar-refractivity contribution in [3.05, 3.63) is 28.2 Å². The molecule has 1 amide bonds. The zero-order valence-corrected chi connectivity index (χ0v) is 13.7. The first-order valence-electron chi connectivity index (χ1n) is 7.78. The number of carbonyl (C=O) groups is 1. The molecule has 120 valence electrons. The highest BCUT2D eigenvalue weighted by Gasteiger charge is 2.17. The fraction of sp³-hybridized carbons (Fsp3) is 0.562. The highest BCUT2D eigenvalue weighted by atomic mass is 16.2. The second-order valence-corrected chi connectivity index (χ2v) is 5.86. The van der Waals surface area contributed by atoms with Crippen LogP contribution in [0.5, 0.6) is 0 Å². The molecule has 0 bridgehead atoms. The van der Waals surface area contributed by atoms with Gasteiger partial charge < -0.3 is 9.88 Å². The van der Waals surface area contributed by atoms with E-state index >= 15 is 0 Å². The molecule has 2 aromatic rings. The van der Waals surface area contributed by atoms with Crippen molar-refractivity contribution >= 4 is 16.9 Å². The van der Waals surface area contributed by atoms with Crippen molar-refractivity contribution in [3.8, 4) is 0 Å². The highest BCUT2D eigenvalue weighted by molar-refractivity contribution is 5.96. The largest absolute Gasteiger partial charge is 0.349 e. The number of aromatic nitrogens is 3. The van der Waals surface area contributed by atoms with Gasteiger partial charge >= 0.3 is 0 Å². The van der Waals surface area contributed by atoms with Crippen molar-refractivity contribution in [1.29, 1.82) is 0 Å². The summed E-state index contributed by atoms with van der Waals surface area (Å²) in [5, 5.41) is 7.48. The van der Waals surface area contributed by atoms with Gasteiger partial charge in [-0.05, 0) is 13.3 Å². The van der Waals surface area contributed by atoms with Gasteiger partial charge in [0.25, 0.3) is 5.91 Å². The summed E-state index contributed by atoms with van der Waals surface area (Å²) in [6.07, 6.45) is 7.41. The van der Waals surface area contributed by atoms with Gasteiger partial charge in [0.1, 0.15) is 11.2 Å². The Morgan fingerprint density at radius 1 is 1.36 bits per heavy atom. The van der Waals surface area contributed by atoms with E-state index in [9.17, 15) is 9.59 Å². The molecule has 0 aliphatic carbocycles. The lowest BCUT2D eigenvalue weighted by Crippen LogP contribution is -2.35. The topological polar surface area (TPSA) is 68.9 Å². The molecule has 22 heavy (non-hydrogen) atoms. The third kappa shape index (κ3) is 3.21. The molecule has 0 spiro atoms. The minimum absolute atomic E-state index is 0.0633. The Morgan fingerprint density at radius 2 is 2.09 bits per heavy atom. The van der Waals surface area contributed by atoms with Crippen LogP contribution in [0.4, 0.5) is 0 Å². The lowest BCUT2D eigenvalue weighted by atomic mass is 10.1. The monoisotopic (exact) mass is 304 g/mol. The summed E-state index contributed by atoms with van der Waals surface area (Å²) in [6, 6.07) is 0.0633. The second-order valence-electron chi connectivity index (χ2n) is 5.86. The highest BCUT2D eigenvalue weighted by Crippen LogP contribution is 2.10. The minimum Gasteiger partial charge on any atom is -0.349 e. The molecule has 0 saturated heterocycles. The summed E-state index contributed by atoms with van der Waals surface area (Å²) < 4.78 is 3.40. The Kier molecular flexibility index (Phi) is 5.00. The van der Waals surface area contributed by atoms with Gasteiger partial charge in [0.05, 0.1) is 11.6 Å². The van der Waals surface area contributed by atoms with E-state index in [0.717, 1.165) is 25.7 Å². The SMILES string of the molecule is CCCCCC(C)NC(=O)c1cn(C)c2c(cnn2C)c1=O. The number of rotatable bonds is 6. The Balaban J connectivity index is 2.22. The van der Waals surface area contributed by atoms with Crippen LogP contribution in [0.1, 0.15) is 49.9 Å². The molecule has 6 nitrogen and oxygen atoms in total. The average Bonchev–Trinajstić information content (AvgIpc) is 2.86. The Hall–Kier alpha value is -2.11. The fourth-order valence-corrected chi connectivity index (χ4v) is 2.70. The number of nitrogens with zero attached hydrogens (tertiary/aromatic N) is 3. The predicted octanol–water partition coefficient (Wildman–Crippen LogP) is 1.97. The van der Waals surface area contributed by atoms with Crippen molar-refractivity contribution in [2.45, 2.75) is 45.6 Å².